The summed E-state index contributed by atoms with van der Waals surface area (Å²) in [6, 6.07) is 4.12. The van der Waals surface area contributed by atoms with Gasteiger partial charge in [-0.2, -0.15) is 0 Å². The van der Waals surface area contributed by atoms with Gasteiger partial charge < -0.3 is 5.11 Å². The van der Waals surface area contributed by atoms with E-state index in [1.54, 1.807) is 6.07 Å². The van der Waals surface area contributed by atoms with E-state index >= 15 is 0 Å². The molecule has 1 aromatic heterocycles. The van der Waals surface area contributed by atoms with E-state index in [2.05, 4.69) is 9.97 Å². The summed E-state index contributed by atoms with van der Waals surface area (Å²) >= 11 is 5.55. The van der Waals surface area contributed by atoms with Crippen molar-refractivity contribution in [1.29, 1.82) is 0 Å². The van der Waals surface area contributed by atoms with Gasteiger partial charge in [0.1, 0.15) is 11.9 Å². The van der Waals surface area contributed by atoms with Crippen LogP contribution in [-0.4, -0.2) is 15.1 Å². The van der Waals surface area contributed by atoms with E-state index in [0.717, 1.165) is 0 Å². The zero-order valence-electron chi connectivity index (χ0n) is 8.14. The van der Waals surface area contributed by atoms with E-state index in [-0.39, 0.29) is 5.02 Å². The first-order valence-corrected chi connectivity index (χ1v) is 4.95. The molecule has 0 saturated heterocycles. The van der Waals surface area contributed by atoms with Gasteiger partial charge in [0, 0.05) is 12.4 Å². The molecule has 0 saturated carbocycles. The molecule has 0 fully saturated rings. The molecule has 0 radical (unpaired) electrons. The first-order valence-electron chi connectivity index (χ1n) is 4.57. The molecule has 1 unspecified atom stereocenters. The quantitative estimate of drug-likeness (QED) is 0.874. The average molecular weight is 239 g/mol. The fraction of sp³-hybridized carbons (Fsp3) is 0.0909. The number of aromatic nitrogens is 2. The molecule has 2 aromatic rings. The SMILES string of the molecule is OC(c1ccc(Cl)c(F)c1)c1cnccn1. The van der Waals surface area contributed by atoms with Crippen LogP contribution in [0.15, 0.2) is 36.8 Å². The van der Waals surface area contributed by atoms with E-state index in [0.29, 0.717) is 11.3 Å². The molecule has 0 aliphatic carbocycles. The van der Waals surface area contributed by atoms with Gasteiger partial charge >= 0.3 is 0 Å². The lowest BCUT2D eigenvalue weighted by Gasteiger charge is -2.09. The number of benzene rings is 1. The van der Waals surface area contributed by atoms with Gasteiger partial charge in [0.15, 0.2) is 0 Å². The molecular weight excluding hydrogens is 231 g/mol. The maximum atomic E-state index is 13.2. The maximum Gasteiger partial charge on any atom is 0.142 e. The number of hydrogen-bond donors (Lipinski definition) is 1. The highest BCUT2D eigenvalue weighted by Crippen LogP contribution is 2.23. The molecule has 3 nitrogen and oxygen atoms in total. The van der Waals surface area contributed by atoms with Gasteiger partial charge in [-0.3, -0.25) is 9.97 Å². The molecule has 1 atom stereocenters. The molecule has 0 amide bonds. The Morgan fingerprint density at radius 1 is 1.31 bits per heavy atom. The number of halogens is 2. The highest BCUT2D eigenvalue weighted by atomic mass is 35.5. The first kappa shape index (κ1) is 11.0. The maximum absolute atomic E-state index is 13.2. The first-order chi connectivity index (χ1) is 7.68. The van der Waals surface area contributed by atoms with Gasteiger partial charge in [0.25, 0.3) is 0 Å². The average Bonchev–Trinajstić information content (AvgIpc) is 2.33. The van der Waals surface area contributed by atoms with Crippen molar-refractivity contribution in [3.8, 4) is 0 Å². The normalized spacial score (nSPS) is 12.4. The van der Waals surface area contributed by atoms with Crippen LogP contribution in [0.5, 0.6) is 0 Å². The van der Waals surface area contributed by atoms with E-state index in [1.807, 2.05) is 0 Å². The Kier molecular flexibility index (Phi) is 3.12. The van der Waals surface area contributed by atoms with Gasteiger partial charge in [0.05, 0.1) is 16.9 Å². The van der Waals surface area contributed by atoms with Crippen LogP contribution in [0.1, 0.15) is 17.4 Å². The zero-order valence-corrected chi connectivity index (χ0v) is 8.89. The van der Waals surface area contributed by atoms with Crippen molar-refractivity contribution < 1.29 is 9.50 Å². The van der Waals surface area contributed by atoms with Crippen molar-refractivity contribution in [2.45, 2.75) is 6.10 Å². The summed E-state index contributed by atoms with van der Waals surface area (Å²) in [6.45, 7) is 0. The van der Waals surface area contributed by atoms with Gasteiger partial charge in [-0.1, -0.05) is 17.7 Å². The third-order valence-corrected chi connectivity index (χ3v) is 2.43. The standard InChI is InChI=1S/C11H8ClFN2O/c12-8-2-1-7(5-9(8)13)11(16)10-6-14-3-4-15-10/h1-6,11,16H. The summed E-state index contributed by atoms with van der Waals surface area (Å²) in [6.07, 6.45) is 3.39. The number of hydrogen-bond acceptors (Lipinski definition) is 3. The molecule has 2 rings (SSSR count). The second-order valence-electron chi connectivity index (χ2n) is 3.21. The Balaban J connectivity index is 2.34. The van der Waals surface area contributed by atoms with Crippen LogP contribution in [0, 0.1) is 5.82 Å². The topological polar surface area (TPSA) is 46.0 Å². The van der Waals surface area contributed by atoms with E-state index < -0.39 is 11.9 Å². The molecule has 1 aromatic carbocycles. The van der Waals surface area contributed by atoms with E-state index in [1.165, 1.54) is 30.7 Å². The van der Waals surface area contributed by atoms with Crippen molar-refractivity contribution >= 4 is 11.6 Å². The van der Waals surface area contributed by atoms with Crippen molar-refractivity contribution in [1.82, 2.24) is 9.97 Å². The summed E-state index contributed by atoms with van der Waals surface area (Å²) < 4.78 is 13.2. The molecule has 0 aliphatic heterocycles. The Morgan fingerprint density at radius 2 is 2.12 bits per heavy atom. The van der Waals surface area contributed by atoms with E-state index in [9.17, 15) is 9.50 Å². The van der Waals surface area contributed by atoms with Crippen molar-refractivity contribution in [2.24, 2.45) is 0 Å². The number of aliphatic hydroxyl groups is 1. The lowest BCUT2D eigenvalue weighted by atomic mass is 10.1. The van der Waals surface area contributed by atoms with Crippen LogP contribution >= 0.6 is 11.6 Å². The van der Waals surface area contributed by atoms with Crippen LogP contribution in [0.4, 0.5) is 4.39 Å². The highest BCUT2D eigenvalue weighted by Gasteiger charge is 2.13. The summed E-state index contributed by atoms with van der Waals surface area (Å²) in [5.74, 6) is -0.567. The largest absolute Gasteiger partial charge is 0.382 e. The minimum absolute atomic E-state index is 0.0232. The highest BCUT2D eigenvalue weighted by molar-refractivity contribution is 6.30. The lowest BCUT2D eigenvalue weighted by Crippen LogP contribution is -2.03. The Labute approximate surface area is 96.6 Å². The number of aliphatic hydroxyl groups excluding tert-OH is 1. The molecule has 0 aliphatic rings. The Morgan fingerprint density at radius 3 is 2.75 bits per heavy atom. The molecule has 0 spiro atoms. The fourth-order valence-electron chi connectivity index (χ4n) is 1.31. The van der Waals surface area contributed by atoms with Crippen molar-refractivity contribution in [3.63, 3.8) is 0 Å². The fourth-order valence-corrected chi connectivity index (χ4v) is 1.42. The molecule has 5 heteroatoms. The minimum Gasteiger partial charge on any atom is -0.382 e. The number of nitrogens with zero attached hydrogens (tertiary/aromatic N) is 2. The third-order valence-electron chi connectivity index (χ3n) is 2.12. The Bertz CT molecular complexity index is 493. The molecule has 1 N–H and O–H groups in total. The summed E-state index contributed by atoms with van der Waals surface area (Å²) in [4.78, 5) is 7.77. The zero-order chi connectivity index (χ0) is 11.5. The molecular formula is C11H8ClFN2O. The number of rotatable bonds is 2. The minimum atomic E-state index is -1.000. The van der Waals surface area contributed by atoms with Crippen LogP contribution in [0.2, 0.25) is 5.02 Å². The van der Waals surface area contributed by atoms with E-state index in [4.69, 9.17) is 11.6 Å². The van der Waals surface area contributed by atoms with Crippen molar-refractivity contribution in [3.05, 3.63) is 58.9 Å². The molecule has 0 bridgehead atoms. The second kappa shape index (κ2) is 4.55. The van der Waals surface area contributed by atoms with Gasteiger partial charge in [0.2, 0.25) is 0 Å². The second-order valence-corrected chi connectivity index (χ2v) is 3.61. The molecule has 1 heterocycles. The molecule has 82 valence electrons. The van der Waals surface area contributed by atoms with Crippen LogP contribution in [0.25, 0.3) is 0 Å². The summed E-state index contributed by atoms with van der Waals surface area (Å²) in [7, 11) is 0. The van der Waals surface area contributed by atoms with Crippen LogP contribution in [0.3, 0.4) is 0 Å². The van der Waals surface area contributed by atoms with Crippen LogP contribution < -0.4 is 0 Å². The van der Waals surface area contributed by atoms with Gasteiger partial charge in [-0.15, -0.1) is 0 Å². The summed E-state index contributed by atoms with van der Waals surface area (Å²) in [5.41, 5.74) is 0.756. The third kappa shape index (κ3) is 2.18. The Hall–Kier alpha value is -1.52. The predicted octanol–water partition coefficient (Wildman–Crippen LogP) is 2.35. The van der Waals surface area contributed by atoms with Gasteiger partial charge in [-0.25, -0.2) is 4.39 Å². The summed E-state index contributed by atoms with van der Waals surface area (Å²) in [5, 5.41) is 9.92. The predicted molar refractivity (Wildman–Crippen MR) is 57.5 cm³/mol. The lowest BCUT2D eigenvalue weighted by molar-refractivity contribution is 0.214. The molecule has 16 heavy (non-hydrogen) atoms. The smallest absolute Gasteiger partial charge is 0.142 e. The van der Waals surface area contributed by atoms with Crippen LogP contribution in [-0.2, 0) is 0 Å². The van der Waals surface area contributed by atoms with Crippen molar-refractivity contribution in [2.75, 3.05) is 0 Å². The monoisotopic (exact) mass is 238 g/mol. The van der Waals surface area contributed by atoms with Gasteiger partial charge in [-0.05, 0) is 17.7 Å².